The Morgan fingerprint density at radius 2 is 0.893 bits per heavy atom. The number of fused-ring (bicyclic) bond motifs is 6. The van der Waals surface area contributed by atoms with Gasteiger partial charge in [0.2, 0.25) is 0 Å². The largest absolute Gasteiger partial charge is 0.455 e. The number of hydrogen-bond donors (Lipinski definition) is 0. The molecule has 0 bridgehead atoms. The fourth-order valence-corrected chi connectivity index (χ4v) is 9.15. The van der Waals surface area contributed by atoms with Gasteiger partial charge < -0.3 is 4.42 Å². The molecule has 262 valence electrons. The van der Waals surface area contributed by atoms with Gasteiger partial charge in [-0.1, -0.05) is 164 Å². The van der Waals surface area contributed by atoms with E-state index in [1.807, 2.05) is 29.5 Å². The van der Waals surface area contributed by atoms with Crippen molar-refractivity contribution in [1.29, 1.82) is 0 Å². The van der Waals surface area contributed by atoms with E-state index in [-0.39, 0.29) is 0 Å². The van der Waals surface area contributed by atoms with E-state index in [1.165, 1.54) is 36.9 Å². The lowest BCUT2D eigenvalue weighted by Gasteiger charge is -2.12. The Labute approximate surface area is 327 Å². The second kappa shape index (κ2) is 13.3. The smallest absolute Gasteiger partial charge is 0.160 e. The van der Waals surface area contributed by atoms with E-state index in [1.54, 1.807) is 0 Å². The first-order valence-corrected chi connectivity index (χ1v) is 19.6. The fraction of sp³-hybridized carbons (Fsp3) is 0. The van der Waals surface area contributed by atoms with E-state index in [2.05, 4.69) is 176 Å². The minimum Gasteiger partial charge on any atom is -0.455 e. The number of hydrogen-bond acceptors (Lipinski definition) is 4. The number of aromatic nitrogens is 2. The van der Waals surface area contributed by atoms with Gasteiger partial charge in [-0.3, -0.25) is 0 Å². The number of para-hydroxylation sites is 1. The van der Waals surface area contributed by atoms with Crippen molar-refractivity contribution in [3.05, 3.63) is 194 Å². The van der Waals surface area contributed by atoms with E-state index in [9.17, 15) is 0 Å². The highest BCUT2D eigenvalue weighted by Gasteiger charge is 2.21. The molecule has 0 amide bonds. The molecule has 0 aliphatic carbocycles. The maximum Gasteiger partial charge on any atom is 0.160 e. The van der Waals surface area contributed by atoms with Crippen LogP contribution in [-0.2, 0) is 0 Å². The minimum atomic E-state index is 0.662. The van der Waals surface area contributed by atoms with Crippen LogP contribution < -0.4 is 0 Å². The van der Waals surface area contributed by atoms with Crippen LogP contribution in [0.5, 0.6) is 0 Å². The third-order valence-corrected chi connectivity index (χ3v) is 11.9. The summed E-state index contributed by atoms with van der Waals surface area (Å²) in [5, 5.41) is 4.72. The van der Waals surface area contributed by atoms with Gasteiger partial charge >= 0.3 is 0 Å². The molecule has 8 aromatic carbocycles. The molecule has 11 rings (SSSR count). The molecule has 3 heterocycles. The van der Waals surface area contributed by atoms with Gasteiger partial charge in [-0.15, -0.1) is 11.3 Å². The van der Waals surface area contributed by atoms with Crippen molar-refractivity contribution in [2.45, 2.75) is 0 Å². The van der Waals surface area contributed by atoms with Crippen molar-refractivity contribution < 1.29 is 4.42 Å². The van der Waals surface area contributed by atoms with E-state index in [4.69, 9.17) is 14.4 Å². The van der Waals surface area contributed by atoms with E-state index < -0.39 is 0 Å². The molecule has 0 spiro atoms. The van der Waals surface area contributed by atoms with Crippen molar-refractivity contribution in [2.75, 3.05) is 0 Å². The minimum absolute atomic E-state index is 0.662. The first-order chi connectivity index (χ1) is 27.7. The maximum atomic E-state index is 6.82. The van der Waals surface area contributed by atoms with E-state index in [0.29, 0.717) is 5.82 Å². The number of nitrogens with zero attached hydrogens (tertiary/aromatic N) is 2. The average molecular weight is 733 g/mol. The summed E-state index contributed by atoms with van der Waals surface area (Å²) in [5.74, 6) is 0.662. The van der Waals surface area contributed by atoms with Crippen LogP contribution in [0.25, 0.3) is 109 Å². The van der Waals surface area contributed by atoms with Gasteiger partial charge in [-0.25, -0.2) is 9.97 Å². The van der Waals surface area contributed by atoms with Crippen LogP contribution in [0.4, 0.5) is 0 Å². The molecule has 4 heteroatoms. The lowest BCUT2D eigenvalue weighted by atomic mass is 9.93. The number of thiophene rings is 1. The molecular weight excluding hydrogens is 701 g/mol. The van der Waals surface area contributed by atoms with Crippen LogP contribution in [0, 0.1) is 0 Å². The third-order valence-electron chi connectivity index (χ3n) is 10.8. The Morgan fingerprint density at radius 1 is 0.357 bits per heavy atom. The Kier molecular flexibility index (Phi) is 7.68. The quantitative estimate of drug-likeness (QED) is 0.171. The third kappa shape index (κ3) is 5.50. The molecule has 56 heavy (non-hydrogen) atoms. The van der Waals surface area contributed by atoms with Gasteiger partial charge in [0.1, 0.15) is 11.2 Å². The normalized spacial score (nSPS) is 11.6. The predicted octanol–water partition coefficient (Wildman–Crippen LogP) is 14.7. The zero-order valence-corrected chi connectivity index (χ0v) is 31.0. The van der Waals surface area contributed by atoms with Crippen LogP contribution in [0.1, 0.15) is 0 Å². The Bertz CT molecular complexity index is 3220. The number of benzene rings is 8. The van der Waals surface area contributed by atoms with Crippen LogP contribution >= 0.6 is 11.3 Å². The van der Waals surface area contributed by atoms with Crippen LogP contribution in [-0.4, -0.2) is 9.97 Å². The molecule has 0 atom stereocenters. The molecule has 0 radical (unpaired) electrons. The summed E-state index contributed by atoms with van der Waals surface area (Å²) in [6.45, 7) is 0. The molecule has 0 aliphatic rings. The highest BCUT2D eigenvalue weighted by molar-refractivity contribution is 7.25. The van der Waals surface area contributed by atoms with Crippen molar-refractivity contribution in [3.63, 3.8) is 0 Å². The molecule has 0 aliphatic heterocycles. The molecule has 0 N–H and O–H groups in total. The second-order valence-electron chi connectivity index (χ2n) is 14.1. The van der Waals surface area contributed by atoms with Crippen LogP contribution in [0.2, 0.25) is 0 Å². The number of furan rings is 1. The molecule has 0 unspecified atom stereocenters. The van der Waals surface area contributed by atoms with Gasteiger partial charge in [-0.05, 0) is 63.7 Å². The van der Waals surface area contributed by atoms with Crippen molar-refractivity contribution in [2.24, 2.45) is 0 Å². The second-order valence-corrected chi connectivity index (χ2v) is 15.2. The van der Waals surface area contributed by atoms with Crippen LogP contribution in [0.15, 0.2) is 199 Å². The average Bonchev–Trinajstić information content (AvgIpc) is 3.86. The molecular formula is C52H32N2OS. The Balaban J connectivity index is 1.06. The summed E-state index contributed by atoms with van der Waals surface area (Å²) in [4.78, 5) is 10.4. The van der Waals surface area contributed by atoms with Crippen molar-refractivity contribution in [3.8, 4) is 67.3 Å². The summed E-state index contributed by atoms with van der Waals surface area (Å²) in [5.41, 5.74) is 13.3. The summed E-state index contributed by atoms with van der Waals surface area (Å²) >= 11 is 1.84. The molecule has 0 fully saturated rings. The van der Waals surface area contributed by atoms with Gasteiger partial charge in [0.15, 0.2) is 5.82 Å². The fourth-order valence-electron chi connectivity index (χ4n) is 8.02. The number of rotatable bonds is 6. The molecule has 0 saturated heterocycles. The van der Waals surface area contributed by atoms with Gasteiger partial charge in [0, 0.05) is 47.6 Å². The van der Waals surface area contributed by atoms with Crippen molar-refractivity contribution in [1.82, 2.24) is 9.97 Å². The first kappa shape index (κ1) is 32.3. The molecule has 0 saturated carbocycles. The SMILES string of the molecule is c1ccc(-c2ccc(-c3ccc(-c4nc(-c5ccccc5)cc(-c5ccc(-c6cccc7sc8ccccc8c67)c6c5oc5ccccc56)n4)cc3)cc2)cc1. The lowest BCUT2D eigenvalue weighted by Crippen LogP contribution is -1.96. The maximum absolute atomic E-state index is 6.82. The Morgan fingerprint density at radius 3 is 1.62 bits per heavy atom. The molecule has 3 aromatic heterocycles. The topological polar surface area (TPSA) is 38.9 Å². The predicted molar refractivity (Wildman–Crippen MR) is 235 cm³/mol. The standard InChI is InChI=1S/C52H32N2OS/c1-3-12-33(13-4-1)34-22-24-35(25-23-34)36-26-28-38(29-27-36)52-53-44(37-14-5-2-6-15-37)32-45(54-52)41-31-30-40(50-42-16-7-9-19-46(42)55-51(41)50)39-18-11-21-48-49(39)43-17-8-10-20-47(43)56-48/h1-32H. The summed E-state index contributed by atoms with van der Waals surface area (Å²) in [6.07, 6.45) is 0. The highest BCUT2D eigenvalue weighted by Crippen LogP contribution is 2.46. The van der Waals surface area contributed by atoms with E-state index >= 15 is 0 Å². The summed E-state index contributed by atoms with van der Waals surface area (Å²) in [6, 6.07) is 68.3. The van der Waals surface area contributed by atoms with Gasteiger partial charge in [0.05, 0.1) is 11.4 Å². The zero-order chi connectivity index (χ0) is 37.0. The highest BCUT2D eigenvalue weighted by atomic mass is 32.1. The summed E-state index contributed by atoms with van der Waals surface area (Å²) in [7, 11) is 0. The molecule has 3 nitrogen and oxygen atoms in total. The zero-order valence-electron chi connectivity index (χ0n) is 30.2. The molecule has 11 aromatic rings. The van der Waals surface area contributed by atoms with E-state index in [0.717, 1.165) is 66.7 Å². The Hall–Kier alpha value is -7.14. The van der Waals surface area contributed by atoms with Gasteiger partial charge in [-0.2, -0.15) is 0 Å². The van der Waals surface area contributed by atoms with Crippen LogP contribution in [0.3, 0.4) is 0 Å². The monoisotopic (exact) mass is 732 g/mol. The van der Waals surface area contributed by atoms with Gasteiger partial charge in [0.25, 0.3) is 0 Å². The lowest BCUT2D eigenvalue weighted by molar-refractivity contribution is 0.670. The first-order valence-electron chi connectivity index (χ1n) is 18.8. The van der Waals surface area contributed by atoms with Crippen molar-refractivity contribution >= 4 is 53.4 Å². The summed E-state index contributed by atoms with van der Waals surface area (Å²) < 4.78 is 9.38.